The topological polar surface area (TPSA) is 45.1 Å². The zero-order valence-electron chi connectivity index (χ0n) is 14.4. The van der Waals surface area contributed by atoms with Crippen LogP contribution < -0.4 is 14.7 Å². The third-order valence-corrected chi connectivity index (χ3v) is 5.26. The zero-order chi connectivity index (χ0) is 18.1. The Balaban J connectivity index is 1.46. The third-order valence-electron chi connectivity index (χ3n) is 5.26. The second-order valence-electron chi connectivity index (χ2n) is 6.76. The lowest BCUT2D eigenvalue weighted by Crippen LogP contribution is -3.19. The maximum absolute atomic E-state index is 14.0. The Kier molecular flexibility index (Phi) is 4.42. The number of benzene rings is 2. The van der Waals surface area contributed by atoms with Crippen LogP contribution in [0.2, 0.25) is 0 Å². The molecule has 0 aliphatic carbocycles. The molecule has 6 heteroatoms. The Labute approximate surface area is 151 Å². The molecule has 2 heterocycles. The number of carbonyl (C=O) groups excluding carboxylic acids is 2. The normalized spacial score (nSPS) is 21.5. The number of quaternary nitrogens is 1. The van der Waals surface area contributed by atoms with Crippen molar-refractivity contribution >= 4 is 23.2 Å². The van der Waals surface area contributed by atoms with Gasteiger partial charge in [0.2, 0.25) is 5.91 Å². The molecule has 0 spiro atoms. The number of carbonyl (C=O) groups is 2. The lowest BCUT2D eigenvalue weighted by Gasteiger charge is -2.35. The number of imide groups is 1. The van der Waals surface area contributed by atoms with Crippen LogP contribution >= 0.6 is 0 Å². The number of hydrogen-bond donors (Lipinski definition) is 1. The molecule has 2 aliphatic heterocycles. The zero-order valence-corrected chi connectivity index (χ0v) is 14.4. The molecule has 0 saturated carbocycles. The van der Waals surface area contributed by atoms with E-state index in [0.29, 0.717) is 0 Å². The van der Waals surface area contributed by atoms with Crippen LogP contribution in [0.3, 0.4) is 0 Å². The van der Waals surface area contributed by atoms with E-state index in [9.17, 15) is 14.0 Å². The van der Waals surface area contributed by atoms with Crippen molar-refractivity contribution in [3.05, 3.63) is 60.4 Å². The maximum Gasteiger partial charge on any atom is 0.292 e. The maximum atomic E-state index is 14.0. The molecule has 2 aliphatic rings. The van der Waals surface area contributed by atoms with Crippen molar-refractivity contribution in [2.45, 2.75) is 12.5 Å². The van der Waals surface area contributed by atoms with Gasteiger partial charge in [0.1, 0.15) is 5.82 Å². The lowest BCUT2D eigenvalue weighted by atomic mass is 10.1. The fourth-order valence-corrected chi connectivity index (χ4v) is 3.88. The summed E-state index contributed by atoms with van der Waals surface area (Å²) in [6, 6.07) is 15.7. The summed E-state index contributed by atoms with van der Waals surface area (Å²) < 4.78 is 14.0. The fraction of sp³-hybridized carbons (Fsp3) is 0.300. The van der Waals surface area contributed by atoms with Gasteiger partial charge in [-0.05, 0) is 24.3 Å². The van der Waals surface area contributed by atoms with E-state index in [1.54, 1.807) is 12.1 Å². The highest BCUT2D eigenvalue weighted by Crippen LogP contribution is 2.24. The van der Waals surface area contributed by atoms with E-state index < -0.39 is 11.9 Å². The molecule has 134 valence electrons. The van der Waals surface area contributed by atoms with Crippen molar-refractivity contribution in [3.8, 4) is 0 Å². The number of amides is 2. The van der Waals surface area contributed by atoms with Gasteiger partial charge in [-0.15, -0.1) is 0 Å². The number of anilines is 2. The van der Waals surface area contributed by atoms with Gasteiger partial charge in [-0.25, -0.2) is 9.29 Å². The molecule has 5 nitrogen and oxygen atoms in total. The summed E-state index contributed by atoms with van der Waals surface area (Å²) in [6.45, 7) is 3.22. The van der Waals surface area contributed by atoms with E-state index in [0.717, 1.165) is 36.0 Å². The summed E-state index contributed by atoms with van der Waals surface area (Å²) in [6.07, 6.45) is 0.147. The number of nitrogens with one attached hydrogen (secondary N) is 1. The highest BCUT2D eigenvalue weighted by Gasteiger charge is 2.47. The number of nitrogens with zero attached hydrogens (tertiary/aromatic N) is 2. The van der Waals surface area contributed by atoms with Crippen LogP contribution in [0.25, 0.3) is 0 Å². The van der Waals surface area contributed by atoms with Crippen LogP contribution in [0.5, 0.6) is 0 Å². The molecule has 0 radical (unpaired) electrons. The fourth-order valence-electron chi connectivity index (χ4n) is 3.88. The van der Waals surface area contributed by atoms with E-state index in [4.69, 9.17) is 0 Å². The molecule has 1 atom stereocenters. The molecule has 0 aromatic heterocycles. The van der Waals surface area contributed by atoms with Crippen LogP contribution in [0.1, 0.15) is 6.42 Å². The number of piperazine rings is 1. The van der Waals surface area contributed by atoms with Crippen molar-refractivity contribution in [2.75, 3.05) is 36.0 Å². The van der Waals surface area contributed by atoms with E-state index >= 15 is 0 Å². The molecule has 2 saturated heterocycles. The Morgan fingerprint density at radius 1 is 0.923 bits per heavy atom. The van der Waals surface area contributed by atoms with Crippen molar-refractivity contribution in [3.63, 3.8) is 0 Å². The van der Waals surface area contributed by atoms with Gasteiger partial charge in [-0.2, -0.15) is 0 Å². The molecule has 2 amide bonds. The smallest absolute Gasteiger partial charge is 0.292 e. The SMILES string of the molecule is O=C1C[C@H]([NH+]2CCN(c3ccccc3)CC2)C(=O)N1c1ccccc1F. The van der Waals surface area contributed by atoms with Crippen LogP contribution in [0.15, 0.2) is 54.6 Å². The standard InChI is InChI=1S/C20H20FN3O2/c21-16-8-4-5-9-17(16)24-19(25)14-18(20(24)26)23-12-10-22(11-13-23)15-6-2-1-3-7-15/h1-9,18H,10-14H2/p+1/t18-/m0/s1. The van der Waals surface area contributed by atoms with Crippen LogP contribution in [0, 0.1) is 5.82 Å². The van der Waals surface area contributed by atoms with Gasteiger partial charge in [0.05, 0.1) is 38.3 Å². The molecule has 2 fully saturated rings. The highest BCUT2D eigenvalue weighted by atomic mass is 19.1. The van der Waals surface area contributed by atoms with Gasteiger partial charge in [-0.1, -0.05) is 30.3 Å². The van der Waals surface area contributed by atoms with Crippen molar-refractivity contribution in [1.82, 2.24) is 0 Å². The summed E-state index contributed by atoms with van der Waals surface area (Å²) in [5.41, 5.74) is 1.24. The minimum atomic E-state index is -0.543. The number of halogens is 1. The Bertz CT molecular complexity index is 819. The minimum absolute atomic E-state index is 0.0623. The van der Waals surface area contributed by atoms with E-state index in [2.05, 4.69) is 17.0 Å². The Hall–Kier alpha value is -2.73. The van der Waals surface area contributed by atoms with Gasteiger partial charge >= 0.3 is 0 Å². The number of para-hydroxylation sites is 2. The Morgan fingerprint density at radius 3 is 2.27 bits per heavy atom. The first-order valence-electron chi connectivity index (χ1n) is 8.91. The quantitative estimate of drug-likeness (QED) is 0.832. The first-order valence-corrected chi connectivity index (χ1v) is 8.91. The number of rotatable bonds is 3. The summed E-state index contributed by atoms with van der Waals surface area (Å²) in [5.74, 6) is -1.15. The molecular formula is C20H21FN3O2+. The van der Waals surface area contributed by atoms with Crippen LogP contribution in [-0.4, -0.2) is 44.0 Å². The monoisotopic (exact) mass is 354 g/mol. The first-order chi connectivity index (χ1) is 12.6. The largest absolute Gasteiger partial charge is 0.360 e. The average Bonchev–Trinajstić information content (AvgIpc) is 2.97. The molecular weight excluding hydrogens is 333 g/mol. The first kappa shape index (κ1) is 16.7. The van der Waals surface area contributed by atoms with Crippen molar-refractivity contribution in [2.24, 2.45) is 0 Å². The predicted octanol–water partition coefficient (Wildman–Crippen LogP) is 0.863. The minimum Gasteiger partial charge on any atom is -0.360 e. The third kappa shape index (κ3) is 2.97. The van der Waals surface area contributed by atoms with Gasteiger partial charge in [-0.3, -0.25) is 9.59 Å². The molecule has 1 N–H and O–H groups in total. The lowest BCUT2D eigenvalue weighted by molar-refractivity contribution is -0.915. The second kappa shape index (κ2) is 6.88. The number of hydrogen-bond acceptors (Lipinski definition) is 3. The summed E-state index contributed by atoms with van der Waals surface area (Å²) in [5, 5.41) is 0. The second-order valence-corrected chi connectivity index (χ2v) is 6.76. The van der Waals surface area contributed by atoms with Crippen LogP contribution in [-0.2, 0) is 9.59 Å². The summed E-state index contributed by atoms with van der Waals surface area (Å²) in [4.78, 5) is 29.6. The van der Waals surface area contributed by atoms with Crippen molar-refractivity contribution in [1.29, 1.82) is 0 Å². The summed E-state index contributed by atoms with van der Waals surface area (Å²) >= 11 is 0. The van der Waals surface area contributed by atoms with Crippen molar-refractivity contribution < 1.29 is 18.9 Å². The summed E-state index contributed by atoms with van der Waals surface area (Å²) in [7, 11) is 0. The van der Waals surface area contributed by atoms with E-state index in [-0.39, 0.29) is 23.9 Å². The Morgan fingerprint density at radius 2 is 1.58 bits per heavy atom. The average molecular weight is 354 g/mol. The van der Waals surface area contributed by atoms with Crippen LogP contribution in [0.4, 0.5) is 15.8 Å². The van der Waals surface area contributed by atoms with Gasteiger partial charge in [0.15, 0.2) is 6.04 Å². The van der Waals surface area contributed by atoms with Gasteiger partial charge in [0, 0.05) is 5.69 Å². The van der Waals surface area contributed by atoms with Gasteiger partial charge in [0.25, 0.3) is 5.91 Å². The highest BCUT2D eigenvalue weighted by molar-refractivity contribution is 6.21. The molecule has 2 aromatic carbocycles. The molecule has 2 aromatic rings. The molecule has 26 heavy (non-hydrogen) atoms. The predicted molar refractivity (Wildman–Crippen MR) is 96.6 cm³/mol. The molecule has 0 bridgehead atoms. The molecule has 0 unspecified atom stereocenters. The van der Waals surface area contributed by atoms with E-state index in [1.165, 1.54) is 17.8 Å². The van der Waals surface area contributed by atoms with Gasteiger partial charge < -0.3 is 9.80 Å². The molecule has 4 rings (SSSR count). The van der Waals surface area contributed by atoms with E-state index in [1.807, 2.05) is 18.2 Å².